The number of nitrogen functional groups attached to an aromatic ring is 1. The van der Waals surface area contributed by atoms with Crippen molar-refractivity contribution in [2.45, 2.75) is 38.6 Å². The first-order valence-corrected chi connectivity index (χ1v) is 8.28. The van der Waals surface area contributed by atoms with Crippen LogP contribution in [0.1, 0.15) is 43.8 Å². The van der Waals surface area contributed by atoms with Gasteiger partial charge in [-0.25, -0.2) is 9.97 Å². The molecule has 26 heavy (non-hydrogen) atoms. The van der Waals surface area contributed by atoms with Crippen molar-refractivity contribution in [3.63, 3.8) is 0 Å². The van der Waals surface area contributed by atoms with E-state index in [-0.39, 0.29) is 0 Å². The van der Waals surface area contributed by atoms with Crippen molar-refractivity contribution in [3.8, 4) is 11.4 Å². The van der Waals surface area contributed by atoms with E-state index in [1.54, 1.807) is 18.5 Å². The van der Waals surface area contributed by atoms with Crippen molar-refractivity contribution in [1.82, 2.24) is 24.7 Å². The molecule has 1 saturated carbocycles. The lowest BCUT2D eigenvalue weighted by atomic mass is 9.85. The predicted molar refractivity (Wildman–Crippen MR) is 93.2 cm³/mol. The Morgan fingerprint density at radius 2 is 2.15 bits per heavy atom. The van der Waals surface area contributed by atoms with Crippen LogP contribution in [0.2, 0.25) is 0 Å². The average molecular weight is 356 g/mol. The Balaban J connectivity index is 0.000000447. The van der Waals surface area contributed by atoms with Crippen LogP contribution in [-0.2, 0) is 11.3 Å². The number of carbonyl (C=O) groups is 1. The number of anilines is 1. The Bertz CT molecular complexity index is 880. The number of carboxylic acid groups (broad SMARTS) is 1. The lowest BCUT2D eigenvalue weighted by Crippen LogP contribution is -2.09. The molecule has 0 aliphatic heterocycles. The SMILES string of the molecule is CC(=O)O.Nc1cc(-c2nccn2Cc2noc(C3CCC3)n2)ccn1. The third kappa shape index (κ3) is 4.24. The number of hydrogen-bond donors (Lipinski definition) is 2. The van der Waals surface area contributed by atoms with Crippen LogP contribution in [0, 0.1) is 0 Å². The van der Waals surface area contributed by atoms with Crippen LogP contribution in [0.25, 0.3) is 11.4 Å². The molecule has 0 amide bonds. The van der Waals surface area contributed by atoms with Gasteiger partial charge in [-0.1, -0.05) is 11.6 Å². The summed E-state index contributed by atoms with van der Waals surface area (Å²) in [5.74, 6) is 2.32. The van der Waals surface area contributed by atoms with Crippen LogP contribution < -0.4 is 5.73 Å². The zero-order chi connectivity index (χ0) is 18.5. The molecule has 3 aromatic heterocycles. The normalized spacial score (nSPS) is 13.6. The first kappa shape index (κ1) is 17.6. The molecule has 0 unspecified atom stereocenters. The standard InChI is InChI=1S/C15H16N6O.C2H4O2/c16-12-8-11(4-5-17-12)14-18-6-7-21(14)9-13-19-15(22-20-13)10-2-1-3-10;1-2(3)4/h4-8,10H,1-3,9H2,(H2,16,17);1H3,(H,3,4). The van der Waals surface area contributed by atoms with Crippen molar-refractivity contribution < 1.29 is 14.4 Å². The van der Waals surface area contributed by atoms with E-state index >= 15 is 0 Å². The van der Waals surface area contributed by atoms with E-state index in [4.69, 9.17) is 20.2 Å². The molecule has 4 rings (SSSR count). The van der Waals surface area contributed by atoms with E-state index in [9.17, 15) is 0 Å². The van der Waals surface area contributed by atoms with Gasteiger partial charge in [-0.2, -0.15) is 4.98 Å². The highest BCUT2D eigenvalue weighted by atomic mass is 16.5. The Morgan fingerprint density at radius 1 is 1.38 bits per heavy atom. The maximum atomic E-state index is 9.00. The minimum absolute atomic E-state index is 0.448. The summed E-state index contributed by atoms with van der Waals surface area (Å²) in [7, 11) is 0. The molecule has 3 heterocycles. The van der Waals surface area contributed by atoms with Gasteiger partial charge in [0, 0.05) is 37.0 Å². The predicted octanol–water partition coefficient (Wildman–Crippen LogP) is 2.32. The molecule has 1 aliphatic carbocycles. The minimum Gasteiger partial charge on any atom is -0.481 e. The zero-order valence-electron chi connectivity index (χ0n) is 14.4. The number of carboxylic acids is 1. The maximum Gasteiger partial charge on any atom is 0.300 e. The fourth-order valence-electron chi connectivity index (χ4n) is 2.59. The van der Waals surface area contributed by atoms with Crippen molar-refractivity contribution >= 4 is 11.8 Å². The summed E-state index contributed by atoms with van der Waals surface area (Å²) >= 11 is 0. The van der Waals surface area contributed by atoms with Crippen LogP contribution in [0.15, 0.2) is 35.2 Å². The van der Waals surface area contributed by atoms with Crippen molar-refractivity contribution in [2.24, 2.45) is 0 Å². The van der Waals surface area contributed by atoms with Gasteiger partial charge in [-0.05, 0) is 25.0 Å². The molecule has 0 spiro atoms. The second-order valence-corrected chi connectivity index (χ2v) is 6.04. The fourth-order valence-corrected chi connectivity index (χ4v) is 2.59. The number of aromatic nitrogens is 5. The minimum atomic E-state index is -0.833. The Labute approximate surface area is 149 Å². The summed E-state index contributed by atoms with van der Waals surface area (Å²) in [6.07, 6.45) is 8.86. The Kier molecular flexibility index (Phi) is 5.26. The highest BCUT2D eigenvalue weighted by Gasteiger charge is 2.25. The Hall–Kier alpha value is -3.23. The third-order valence-electron chi connectivity index (χ3n) is 4.00. The molecule has 0 saturated heterocycles. The molecule has 3 aromatic rings. The second-order valence-electron chi connectivity index (χ2n) is 6.04. The van der Waals surface area contributed by atoms with Gasteiger partial charge in [0.1, 0.15) is 11.6 Å². The lowest BCUT2D eigenvalue weighted by Gasteiger charge is -2.20. The highest BCUT2D eigenvalue weighted by molar-refractivity contribution is 5.63. The quantitative estimate of drug-likeness (QED) is 0.727. The van der Waals surface area contributed by atoms with E-state index in [0.717, 1.165) is 37.0 Å². The smallest absolute Gasteiger partial charge is 0.300 e. The average Bonchev–Trinajstić information content (AvgIpc) is 3.15. The molecular formula is C17H20N6O3. The monoisotopic (exact) mass is 356 g/mol. The van der Waals surface area contributed by atoms with E-state index in [1.807, 2.05) is 16.8 Å². The second kappa shape index (κ2) is 7.77. The number of aliphatic carboxylic acids is 1. The summed E-state index contributed by atoms with van der Waals surface area (Å²) < 4.78 is 7.33. The molecule has 136 valence electrons. The Morgan fingerprint density at radius 3 is 2.81 bits per heavy atom. The summed E-state index contributed by atoms with van der Waals surface area (Å²) in [4.78, 5) is 21.9. The van der Waals surface area contributed by atoms with Crippen molar-refractivity contribution in [3.05, 3.63) is 42.4 Å². The van der Waals surface area contributed by atoms with E-state index < -0.39 is 5.97 Å². The van der Waals surface area contributed by atoms with Crippen LogP contribution in [0.5, 0.6) is 0 Å². The molecule has 1 aliphatic rings. The number of imidazole rings is 1. The van der Waals surface area contributed by atoms with Gasteiger partial charge in [-0.3, -0.25) is 4.79 Å². The fraction of sp³-hybridized carbons (Fsp3) is 0.353. The highest BCUT2D eigenvalue weighted by Crippen LogP contribution is 2.35. The first-order valence-electron chi connectivity index (χ1n) is 8.28. The van der Waals surface area contributed by atoms with Gasteiger partial charge in [0.05, 0.1) is 6.54 Å². The van der Waals surface area contributed by atoms with Gasteiger partial charge in [0.25, 0.3) is 5.97 Å². The molecule has 0 atom stereocenters. The number of nitrogens with two attached hydrogens (primary N) is 1. The van der Waals surface area contributed by atoms with Gasteiger partial charge < -0.3 is 19.9 Å². The number of hydrogen-bond acceptors (Lipinski definition) is 7. The molecule has 0 radical (unpaired) electrons. The molecule has 3 N–H and O–H groups in total. The van der Waals surface area contributed by atoms with Gasteiger partial charge in [0.15, 0.2) is 5.82 Å². The molecular weight excluding hydrogens is 336 g/mol. The maximum absolute atomic E-state index is 9.00. The molecule has 1 fully saturated rings. The third-order valence-corrected chi connectivity index (χ3v) is 4.00. The summed E-state index contributed by atoms with van der Waals surface area (Å²) in [5, 5.41) is 11.5. The number of pyridine rings is 1. The van der Waals surface area contributed by atoms with Crippen LogP contribution in [-0.4, -0.2) is 35.8 Å². The number of rotatable bonds is 4. The molecule has 9 heteroatoms. The number of nitrogens with zero attached hydrogens (tertiary/aromatic N) is 5. The van der Waals surface area contributed by atoms with Crippen LogP contribution in [0.4, 0.5) is 5.82 Å². The first-order chi connectivity index (χ1) is 12.5. The van der Waals surface area contributed by atoms with Gasteiger partial charge in [0.2, 0.25) is 5.89 Å². The molecule has 9 nitrogen and oxygen atoms in total. The van der Waals surface area contributed by atoms with Gasteiger partial charge >= 0.3 is 0 Å². The van der Waals surface area contributed by atoms with E-state index in [2.05, 4.69) is 20.1 Å². The van der Waals surface area contributed by atoms with Crippen molar-refractivity contribution in [2.75, 3.05) is 5.73 Å². The van der Waals surface area contributed by atoms with E-state index in [0.29, 0.717) is 24.1 Å². The van der Waals surface area contributed by atoms with Crippen molar-refractivity contribution in [1.29, 1.82) is 0 Å². The van der Waals surface area contributed by atoms with Crippen LogP contribution in [0.3, 0.4) is 0 Å². The van der Waals surface area contributed by atoms with Gasteiger partial charge in [-0.15, -0.1) is 0 Å². The molecule has 0 aromatic carbocycles. The molecule has 0 bridgehead atoms. The summed E-state index contributed by atoms with van der Waals surface area (Å²) in [6.45, 7) is 1.60. The summed E-state index contributed by atoms with van der Waals surface area (Å²) in [6, 6.07) is 3.68. The van der Waals surface area contributed by atoms with E-state index in [1.165, 1.54) is 6.42 Å². The topological polar surface area (TPSA) is 133 Å². The largest absolute Gasteiger partial charge is 0.481 e. The summed E-state index contributed by atoms with van der Waals surface area (Å²) in [5.41, 5.74) is 6.65. The lowest BCUT2D eigenvalue weighted by molar-refractivity contribution is -0.134. The van der Waals surface area contributed by atoms with Crippen LogP contribution >= 0.6 is 0 Å². The zero-order valence-corrected chi connectivity index (χ0v) is 14.4.